The lowest BCUT2D eigenvalue weighted by Gasteiger charge is -2.32. The maximum Gasteiger partial charge on any atom is 0.190 e. The van der Waals surface area contributed by atoms with Crippen molar-refractivity contribution in [2.75, 3.05) is 33.0 Å². The van der Waals surface area contributed by atoms with Gasteiger partial charge in [0, 0.05) is 49.2 Å². The van der Waals surface area contributed by atoms with Gasteiger partial charge in [0.05, 0.1) is 19.4 Å². The number of fused-ring (bicyclic) bond motifs is 1. The van der Waals surface area contributed by atoms with Gasteiger partial charge < -0.3 is 9.84 Å². The quantitative estimate of drug-likeness (QED) is 0.345. The molecule has 1 unspecified atom stereocenters. The highest BCUT2D eigenvalue weighted by Gasteiger charge is 2.47. The molecule has 0 radical (unpaired) electrons. The molecule has 0 spiro atoms. The second kappa shape index (κ2) is 10.1. The van der Waals surface area contributed by atoms with Crippen molar-refractivity contribution in [1.29, 1.82) is 0 Å². The molecule has 4 aromatic rings. The number of benzene rings is 2. The summed E-state index contributed by atoms with van der Waals surface area (Å²) in [5.74, 6) is 0.902. The monoisotopic (exact) mass is 517 g/mol. The van der Waals surface area contributed by atoms with Crippen LogP contribution >= 0.6 is 0 Å². The Morgan fingerprint density at radius 3 is 2.54 bits per heavy atom. The average molecular weight is 518 g/mol. The third-order valence-electron chi connectivity index (χ3n) is 7.48. The molecule has 1 atom stereocenters. The molecule has 1 saturated heterocycles. The summed E-state index contributed by atoms with van der Waals surface area (Å²) in [5.41, 5.74) is 4.92. The SMILES string of the molecule is CO[S+](C)c1cccc(-c2cnn3cc(-c4ccc(OC5(CN6CCC(O)CC6)CC5)cc4)cnc23)c1. The average Bonchev–Trinajstić information content (AvgIpc) is 3.55. The number of hydrogen-bond donors (Lipinski definition) is 1. The Bertz CT molecular complexity index is 1380. The van der Waals surface area contributed by atoms with Crippen LogP contribution < -0.4 is 4.74 Å². The molecular weight excluding hydrogens is 484 g/mol. The highest BCUT2D eigenvalue weighted by atomic mass is 32.2. The lowest BCUT2D eigenvalue weighted by atomic mass is 10.1. The number of piperidine rings is 1. The van der Waals surface area contributed by atoms with E-state index in [9.17, 15) is 5.11 Å². The van der Waals surface area contributed by atoms with Crippen molar-refractivity contribution in [3.8, 4) is 28.0 Å². The standard InChI is InChI=1S/C29H33N4O3S/c1-35-37(2)26-5-3-4-22(16-26)27-18-31-33-19-23(17-30-28(27)33)21-6-8-25(9-7-21)36-29(12-13-29)20-32-14-10-24(34)11-15-32/h3-9,16-19,24,34H,10-15,20H2,1-2H3/q+1. The summed E-state index contributed by atoms with van der Waals surface area (Å²) in [6.45, 7) is 2.85. The molecule has 2 fully saturated rings. The molecule has 2 aliphatic rings. The van der Waals surface area contributed by atoms with Crippen LogP contribution in [-0.4, -0.2) is 69.3 Å². The van der Waals surface area contributed by atoms with Crippen LogP contribution in [0.15, 0.2) is 72.0 Å². The van der Waals surface area contributed by atoms with E-state index in [2.05, 4.69) is 64.8 Å². The van der Waals surface area contributed by atoms with Crippen LogP contribution in [0.3, 0.4) is 0 Å². The van der Waals surface area contributed by atoms with Crippen molar-refractivity contribution in [3.63, 3.8) is 0 Å². The van der Waals surface area contributed by atoms with Crippen LogP contribution in [0.2, 0.25) is 0 Å². The summed E-state index contributed by atoms with van der Waals surface area (Å²) >= 11 is -0.252. The van der Waals surface area contributed by atoms with Gasteiger partial charge >= 0.3 is 0 Å². The highest BCUT2D eigenvalue weighted by molar-refractivity contribution is 7.91. The van der Waals surface area contributed by atoms with E-state index < -0.39 is 0 Å². The number of ether oxygens (including phenoxy) is 1. The molecule has 1 aliphatic heterocycles. The summed E-state index contributed by atoms with van der Waals surface area (Å²) in [7, 11) is 1.74. The number of aromatic nitrogens is 3. The van der Waals surface area contributed by atoms with E-state index in [-0.39, 0.29) is 22.9 Å². The van der Waals surface area contributed by atoms with Crippen LogP contribution in [0.25, 0.3) is 27.9 Å². The van der Waals surface area contributed by atoms with Crippen LogP contribution in [0.1, 0.15) is 25.7 Å². The third-order valence-corrected chi connectivity index (χ3v) is 8.90. The van der Waals surface area contributed by atoms with Gasteiger partial charge in [-0.2, -0.15) is 9.28 Å². The number of hydrogen-bond acceptors (Lipinski definition) is 6. The molecule has 0 amide bonds. The van der Waals surface area contributed by atoms with E-state index >= 15 is 0 Å². The number of nitrogens with zero attached hydrogens (tertiary/aromatic N) is 4. The summed E-state index contributed by atoms with van der Waals surface area (Å²) in [4.78, 5) is 8.35. The van der Waals surface area contributed by atoms with E-state index in [0.717, 1.165) is 83.9 Å². The van der Waals surface area contributed by atoms with Crippen molar-refractivity contribution in [2.45, 2.75) is 42.3 Å². The zero-order valence-electron chi connectivity index (χ0n) is 21.3. The highest BCUT2D eigenvalue weighted by Crippen LogP contribution is 2.41. The summed E-state index contributed by atoms with van der Waals surface area (Å²) in [6.07, 6.45) is 11.6. The molecule has 3 heterocycles. The summed E-state index contributed by atoms with van der Waals surface area (Å²) in [5, 5.41) is 14.4. The largest absolute Gasteiger partial charge is 0.486 e. The third kappa shape index (κ3) is 5.25. The van der Waals surface area contributed by atoms with Gasteiger partial charge in [0.25, 0.3) is 0 Å². The molecule has 8 heteroatoms. The Balaban J connectivity index is 1.16. The molecule has 192 valence electrons. The Hall–Kier alpha value is -2.91. The van der Waals surface area contributed by atoms with Gasteiger partial charge in [0.1, 0.15) is 17.6 Å². The molecule has 7 nitrogen and oxygen atoms in total. The molecule has 6 rings (SSSR count). The molecule has 0 bridgehead atoms. The second-order valence-corrected chi connectivity index (χ2v) is 11.8. The number of likely N-dealkylation sites (tertiary alicyclic amines) is 1. The molecule has 1 aliphatic carbocycles. The van der Waals surface area contributed by atoms with Crippen molar-refractivity contribution >= 4 is 16.8 Å². The smallest absolute Gasteiger partial charge is 0.190 e. The molecular formula is C29H33N4O3S+. The van der Waals surface area contributed by atoms with E-state index in [1.165, 1.54) is 0 Å². The first kappa shape index (κ1) is 24.4. The summed E-state index contributed by atoms with van der Waals surface area (Å²) < 4.78 is 13.8. The van der Waals surface area contributed by atoms with Gasteiger partial charge in [0.15, 0.2) is 21.7 Å². The number of rotatable bonds is 8. The van der Waals surface area contributed by atoms with Crippen molar-refractivity contribution in [3.05, 3.63) is 67.1 Å². The van der Waals surface area contributed by atoms with Crippen LogP contribution in [-0.2, 0) is 15.4 Å². The Kier molecular flexibility index (Phi) is 6.67. The first-order valence-electron chi connectivity index (χ1n) is 12.9. The van der Waals surface area contributed by atoms with Gasteiger partial charge in [0.2, 0.25) is 0 Å². The molecule has 1 saturated carbocycles. The van der Waals surface area contributed by atoms with Crippen molar-refractivity contribution in [2.24, 2.45) is 0 Å². The summed E-state index contributed by atoms with van der Waals surface area (Å²) in [6, 6.07) is 16.7. The lowest BCUT2D eigenvalue weighted by Crippen LogP contribution is -2.43. The fraction of sp³-hybridized carbons (Fsp3) is 0.379. The van der Waals surface area contributed by atoms with Gasteiger partial charge in [-0.25, -0.2) is 9.50 Å². The maximum atomic E-state index is 9.77. The first-order chi connectivity index (χ1) is 18.0. The van der Waals surface area contributed by atoms with Crippen LogP contribution in [0.4, 0.5) is 0 Å². The van der Waals surface area contributed by atoms with Gasteiger partial charge in [-0.05, 0) is 55.0 Å². The molecule has 37 heavy (non-hydrogen) atoms. The first-order valence-corrected chi connectivity index (χ1v) is 14.4. The predicted molar refractivity (Wildman–Crippen MR) is 147 cm³/mol. The number of aliphatic hydroxyl groups is 1. The zero-order valence-corrected chi connectivity index (χ0v) is 22.2. The van der Waals surface area contributed by atoms with E-state index in [4.69, 9.17) is 13.9 Å². The van der Waals surface area contributed by atoms with Crippen LogP contribution in [0.5, 0.6) is 5.75 Å². The minimum absolute atomic E-state index is 0.0748. The molecule has 2 aromatic heterocycles. The lowest BCUT2D eigenvalue weighted by molar-refractivity contribution is 0.0505. The fourth-order valence-corrected chi connectivity index (χ4v) is 5.80. The topological polar surface area (TPSA) is 72.1 Å². The molecule has 1 N–H and O–H groups in total. The number of aliphatic hydroxyl groups excluding tert-OH is 1. The fourth-order valence-electron chi connectivity index (χ4n) is 5.05. The minimum atomic E-state index is -0.252. The van der Waals surface area contributed by atoms with E-state index in [1.807, 2.05) is 23.1 Å². The zero-order chi connectivity index (χ0) is 25.4. The van der Waals surface area contributed by atoms with Crippen molar-refractivity contribution in [1.82, 2.24) is 19.5 Å². The van der Waals surface area contributed by atoms with Gasteiger partial charge in [-0.15, -0.1) is 0 Å². The normalized spacial score (nSPS) is 18.7. The van der Waals surface area contributed by atoms with Gasteiger partial charge in [-0.1, -0.05) is 24.3 Å². The minimum Gasteiger partial charge on any atom is -0.486 e. The second-order valence-electron chi connectivity index (χ2n) is 10.1. The van der Waals surface area contributed by atoms with E-state index in [0.29, 0.717) is 0 Å². The van der Waals surface area contributed by atoms with E-state index in [1.54, 1.807) is 7.11 Å². The van der Waals surface area contributed by atoms with Crippen LogP contribution in [0, 0.1) is 0 Å². The molecule has 2 aromatic carbocycles. The van der Waals surface area contributed by atoms with Gasteiger partial charge in [-0.3, -0.25) is 4.90 Å². The Morgan fingerprint density at radius 1 is 1.03 bits per heavy atom. The van der Waals surface area contributed by atoms with Crippen molar-refractivity contribution < 1.29 is 14.0 Å². The Morgan fingerprint density at radius 2 is 1.81 bits per heavy atom. The predicted octanol–water partition coefficient (Wildman–Crippen LogP) is 4.60. The Labute approximate surface area is 220 Å². The maximum absolute atomic E-state index is 9.77.